The average Bonchev–Trinajstić information content (AvgIpc) is 2.38. The molecule has 21 heavy (non-hydrogen) atoms. The monoisotopic (exact) mass is 314 g/mol. The molecule has 1 aromatic carbocycles. The summed E-state index contributed by atoms with van der Waals surface area (Å²) in [4.78, 5) is 0.130. The first-order valence-corrected chi connectivity index (χ1v) is 8.88. The Labute approximate surface area is 126 Å². The van der Waals surface area contributed by atoms with Crippen LogP contribution in [0.15, 0.2) is 23.1 Å². The van der Waals surface area contributed by atoms with Crippen molar-refractivity contribution in [3.8, 4) is 0 Å². The lowest BCUT2D eigenvalue weighted by molar-refractivity contribution is 0.248. The third-order valence-electron chi connectivity index (χ3n) is 3.91. The van der Waals surface area contributed by atoms with Gasteiger partial charge in [0.05, 0.1) is 4.90 Å². The van der Waals surface area contributed by atoms with Crippen molar-refractivity contribution in [1.82, 2.24) is 10.0 Å². The number of sulfonamides is 1. The van der Waals surface area contributed by atoms with Gasteiger partial charge in [0.2, 0.25) is 10.0 Å². The summed E-state index contributed by atoms with van der Waals surface area (Å²) < 4.78 is 41.2. The highest BCUT2D eigenvalue weighted by Gasteiger charge is 2.36. The molecule has 6 heteroatoms. The first kappa shape index (κ1) is 16.4. The molecule has 0 aromatic heterocycles. The van der Waals surface area contributed by atoms with Crippen molar-refractivity contribution in [2.75, 3.05) is 6.54 Å². The van der Waals surface area contributed by atoms with Gasteiger partial charge >= 0.3 is 0 Å². The number of rotatable bonds is 7. The molecule has 1 aliphatic rings. The second-order valence-corrected chi connectivity index (χ2v) is 7.63. The van der Waals surface area contributed by atoms with Crippen LogP contribution in [0, 0.1) is 5.82 Å². The van der Waals surface area contributed by atoms with E-state index in [-0.39, 0.29) is 16.3 Å². The molecule has 2 rings (SSSR count). The third-order valence-corrected chi connectivity index (χ3v) is 5.54. The summed E-state index contributed by atoms with van der Waals surface area (Å²) in [6, 6.07) is 3.96. The van der Waals surface area contributed by atoms with Crippen LogP contribution in [0.5, 0.6) is 0 Å². The standard InChI is InChI=1S/C15H23FN2O2S/c1-3-9-17-11-12-10-13(5-6-14(12)16)21(19,20)18-15(2)7-4-8-15/h5-6,10,17-18H,3-4,7-9,11H2,1-2H3. The molecular formula is C15H23FN2O2S. The minimum atomic E-state index is -3.59. The van der Waals surface area contributed by atoms with Crippen LogP contribution in [0.1, 0.15) is 45.1 Å². The Morgan fingerprint density at radius 1 is 1.33 bits per heavy atom. The zero-order chi connectivity index (χ0) is 15.5. The van der Waals surface area contributed by atoms with Gasteiger partial charge in [0.15, 0.2) is 0 Å². The van der Waals surface area contributed by atoms with Crippen LogP contribution in [-0.2, 0) is 16.6 Å². The maximum atomic E-state index is 13.7. The van der Waals surface area contributed by atoms with Crippen LogP contribution >= 0.6 is 0 Å². The molecule has 1 saturated carbocycles. The van der Waals surface area contributed by atoms with E-state index in [0.717, 1.165) is 32.2 Å². The molecule has 0 aliphatic heterocycles. The van der Waals surface area contributed by atoms with Crippen molar-refractivity contribution in [1.29, 1.82) is 0 Å². The van der Waals surface area contributed by atoms with E-state index in [4.69, 9.17) is 0 Å². The van der Waals surface area contributed by atoms with Crippen LogP contribution in [0.2, 0.25) is 0 Å². The van der Waals surface area contributed by atoms with Gasteiger partial charge in [-0.2, -0.15) is 0 Å². The Balaban J connectivity index is 2.16. The third kappa shape index (κ3) is 4.02. The van der Waals surface area contributed by atoms with E-state index in [2.05, 4.69) is 10.0 Å². The molecule has 0 atom stereocenters. The highest BCUT2D eigenvalue weighted by atomic mass is 32.2. The quantitative estimate of drug-likeness (QED) is 0.761. The van der Waals surface area contributed by atoms with Gasteiger partial charge in [-0.1, -0.05) is 6.92 Å². The first-order chi connectivity index (χ1) is 9.86. The topological polar surface area (TPSA) is 58.2 Å². The number of nitrogens with one attached hydrogen (secondary N) is 2. The molecule has 0 radical (unpaired) electrons. The molecule has 2 N–H and O–H groups in total. The smallest absolute Gasteiger partial charge is 0.241 e. The Morgan fingerprint density at radius 2 is 2.05 bits per heavy atom. The highest BCUT2D eigenvalue weighted by Crippen LogP contribution is 2.32. The molecular weight excluding hydrogens is 291 g/mol. The molecule has 0 spiro atoms. The highest BCUT2D eigenvalue weighted by molar-refractivity contribution is 7.89. The van der Waals surface area contributed by atoms with Crippen molar-refractivity contribution in [2.45, 2.75) is 56.5 Å². The molecule has 0 amide bonds. The van der Waals surface area contributed by atoms with Crippen LogP contribution in [0.25, 0.3) is 0 Å². The van der Waals surface area contributed by atoms with Crippen molar-refractivity contribution in [3.63, 3.8) is 0 Å². The van der Waals surface area contributed by atoms with E-state index < -0.39 is 10.0 Å². The molecule has 0 bridgehead atoms. The maximum absolute atomic E-state index is 13.7. The van der Waals surface area contributed by atoms with Crippen LogP contribution < -0.4 is 10.0 Å². The summed E-state index contributed by atoms with van der Waals surface area (Å²) in [5.41, 5.74) is 0.0264. The molecule has 0 heterocycles. The van der Waals surface area contributed by atoms with Crippen LogP contribution in [0.4, 0.5) is 4.39 Å². The van der Waals surface area contributed by atoms with Gasteiger partial charge in [-0.3, -0.25) is 0 Å². The van der Waals surface area contributed by atoms with Crippen LogP contribution in [-0.4, -0.2) is 20.5 Å². The van der Waals surface area contributed by atoms with E-state index in [1.165, 1.54) is 18.2 Å². The Bertz CT molecular complexity index is 598. The van der Waals surface area contributed by atoms with E-state index in [9.17, 15) is 12.8 Å². The normalized spacial score (nSPS) is 17.5. The molecule has 1 aliphatic carbocycles. The molecule has 4 nitrogen and oxygen atoms in total. The predicted molar refractivity (Wildman–Crippen MR) is 81.0 cm³/mol. The Kier molecular flexibility index (Phi) is 5.01. The lowest BCUT2D eigenvalue weighted by atomic mass is 9.80. The van der Waals surface area contributed by atoms with Crippen molar-refractivity contribution in [2.24, 2.45) is 0 Å². The summed E-state index contributed by atoms with van der Waals surface area (Å²) in [6.07, 6.45) is 3.67. The van der Waals surface area contributed by atoms with E-state index in [1.54, 1.807) is 0 Å². The van der Waals surface area contributed by atoms with Gasteiger partial charge in [-0.05, 0) is 57.4 Å². The minimum Gasteiger partial charge on any atom is -0.313 e. The maximum Gasteiger partial charge on any atom is 0.241 e. The lowest BCUT2D eigenvalue weighted by Gasteiger charge is -2.38. The van der Waals surface area contributed by atoms with Gasteiger partial charge < -0.3 is 5.32 Å². The Morgan fingerprint density at radius 3 is 2.62 bits per heavy atom. The van der Waals surface area contributed by atoms with Gasteiger partial charge in [-0.15, -0.1) is 0 Å². The second kappa shape index (κ2) is 6.42. The number of benzene rings is 1. The Hall–Kier alpha value is -0.980. The molecule has 0 saturated heterocycles. The van der Waals surface area contributed by atoms with Gasteiger partial charge in [0.1, 0.15) is 5.82 Å². The van der Waals surface area contributed by atoms with E-state index in [0.29, 0.717) is 12.1 Å². The summed E-state index contributed by atoms with van der Waals surface area (Å²) in [5, 5.41) is 3.09. The number of hydrogen-bond donors (Lipinski definition) is 2. The summed E-state index contributed by atoms with van der Waals surface area (Å²) in [5.74, 6) is -0.382. The molecule has 1 fully saturated rings. The second-order valence-electron chi connectivity index (χ2n) is 5.95. The minimum absolute atomic E-state index is 0.130. The first-order valence-electron chi connectivity index (χ1n) is 7.39. The lowest BCUT2D eigenvalue weighted by Crippen LogP contribution is -2.50. The van der Waals surface area contributed by atoms with E-state index >= 15 is 0 Å². The summed E-state index contributed by atoms with van der Waals surface area (Å²) >= 11 is 0. The number of halogens is 1. The van der Waals surface area contributed by atoms with Gasteiger partial charge in [0.25, 0.3) is 0 Å². The average molecular weight is 314 g/mol. The fourth-order valence-corrected chi connectivity index (χ4v) is 3.96. The summed E-state index contributed by atoms with van der Waals surface area (Å²) in [6.45, 7) is 5.03. The van der Waals surface area contributed by atoms with Crippen LogP contribution in [0.3, 0.4) is 0 Å². The molecule has 0 unspecified atom stereocenters. The predicted octanol–water partition coefficient (Wildman–Crippen LogP) is 2.55. The van der Waals surface area contributed by atoms with Crippen molar-refractivity contribution < 1.29 is 12.8 Å². The molecule has 118 valence electrons. The van der Waals surface area contributed by atoms with Gasteiger partial charge in [0, 0.05) is 17.6 Å². The fraction of sp³-hybridized carbons (Fsp3) is 0.600. The van der Waals surface area contributed by atoms with E-state index in [1.807, 2.05) is 13.8 Å². The van der Waals surface area contributed by atoms with Crippen molar-refractivity contribution in [3.05, 3.63) is 29.6 Å². The zero-order valence-electron chi connectivity index (χ0n) is 12.6. The number of hydrogen-bond acceptors (Lipinski definition) is 3. The fourth-order valence-electron chi connectivity index (χ4n) is 2.45. The largest absolute Gasteiger partial charge is 0.313 e. The summed E-state index contributed by atoms with van der Waals surface area (Å²) in [7, 11) is -3.59. The van der Waals surface area contributed by atoms with Crippen molar-refractivity contribution >= 4 is 10.0 Å². The SMILES string of the molecule is CCCNCc1cc(S(=O)(=O)NC2(C)CCC2)ccc1F. The zero-order valence-corrected chi connectivity index (χ0v) is 13.4. The van der Waals surface area contributed by atoms with Gasteiger partial charge in [-0.25, -0.2) is 17.5 Å². The molecule has 1 aromatic rings.